The molecule has 0 amide bonds. The Balaban J connectivity index is 2.99. The zero-order valence-electron chi connectivity index (χ0n) is 11.6. The van der Waals surface area contributed by atoms with Crippen LogP contribution in [-0.4, -0.2) is 7.05 Å². The Morgan fingerprint density at radius 1 is 1.42 bits per heavy atom. The van der Waals surface area contributed by atoms with Crippen molar-refractivity contribution in [2.24, 2.45) is 5.92 Å². The van der Waals surface area contributed by atoms with Crippen LogP contribution in [0.3, 0.4) is 0 Å². The van der Waals surface area contributed by atoms with Gasteiger partial charge in [-0.25, -0.2) is 0 Å². The standard InChI is InChI=1S/C17H20N2/c1-4-9-15(10-5-2)13-17(14-18)19(3)16-11-7-6-8-12-16/h4-8,10-13,15H,1,9H2,2-3H3/b10-5-,17-13+. The van der Waals surface area contributed by atoms with Crippen molar-refractivity contribution in [2.75, 3.05) is 11.9 Å². The van der Waals surface area contributed by atoms with E-state index in [2.05, 4.69) is 18.7 Å². The molecule has 0 bridgehead atoms. The highest BCUT2D eigenvalue weighted by atomic mass is 15.1. The van der Waals surface area contributed by atoms with Crippen LogP contribution in [0, 0.1) is 17.2 Å². The minimum Gasteiger partial charge on any atom is -0.336 e. The maximum atomic E-state index is 9.33. The van der Waals surface area contributed by atoms with Crippen LogP contribution in [0.2, 0.25) is 0 Å². The number of para-hydroxylation sites is 1. The van der Waals surface area contributed by atoms with E-state index in [1.807, 2.05) is 67.4 Å². The molecule has 0 saturated heterocycles. The number of rotatable bonds is 6. The van der Waals surface area contributed by atoms with E-state index in [0.29, 0.717) is 5.70 Å². The molecule has 1 aromatic carbocycles. The second-order valence-corrected chi connectivity index (χ2v) is 4.27. The minimum absolute atomic E-state index is 0.211. The SMILES string of the molecule is C=CCC(/C=C\C)/C=C(\C#N)N(C)c1ccccc1. The van der Waals surface area contributed by atoms with Crippen LogP contribution in [0.4, 0.5) is 5.69 Å². The summed E-state index contributed by atoms with van der Waals surface area (Å²) in [7, 11) is 1.91. The van der Waals surface area contributed by atoms with Gasteiger partial charge < -0.3 is 4.90 Å². The molecule has 0 aliphatic carbocycles. The average molecular weight is 252 g/mol. The highest BCUT2D eigenvalue weighted by molar-refractivity contribution is 5.54. The van der Waals surface area contributed by atoms with Gasteiger partial charge in [0, 0.05) is 18.7 Å². The molecule has 0 fully saturated rings. The van der Waals surface area contributed by atoms with Crippen LogP contribution in [-0.2, 0) is 0 Å². The first-order chi connectivity index (χ1) is 9.22. The van der Waals surface area contributed by atoms with E-state index in [0.717, 1.165) is 12.1 Å². The van der Waals surface area contributed by atoms with Gasteiger partial charge >= 0.3 is 0 Å². The van der Waals surface area contributed by atoms with E-state index in [-0.39, 0.29) is 5.92 Å². The Morgan fingerprint density at radius 2 is 2.11 bits per heavy atom. The highest BCUT2D eigenvalue weighted by Gasteiger charge is 2.08. The van der Waals surface area contributed by atoms with Crippen molar-refractivity contribution in [2.45, 2.75) is 13.3 Å². The van der Waals surface area contributed by atoms with Crippen molar-refractivity contribution in [1.82, 2.24) is 0 Å². The lowest BCUT2D eigenvalue weighted by Crippen LogP contribution is -2.16. The number of hydrogen-bond donors (Lipinski definition) is 0. The Hall–Kier alpha value is -2.27. The summed E-state index contributed by atoms with van der Waals surface area (Å²) in [4.78, 5) is 1.90. The molecule has 1 atom stereocenters. The third kappa shape index (κ3) is 4.48. The van der Waals surface area contributed by atoms with Crippen LogP contribution < -0.4 is 4.90 Å². The van der Waals surface area contributed by atoms with Crippen molar-refractivity contribution >= 4 is 5.69 Å². The summed E-state index contributed by atoms with van der Waals surface area (Å²) in [6.45, 7) is 5.74. The molecule has 98 valence electrons. The molecule has 1 rings (SSSR count). The number of benzene rings is 1. The number of nitriles is 1. The fourth-order valence-corrected chi connectivity index (χ4v) is 1.86. The molecule has 0 spiro atoms. The van der Waals surface area contributed by atoms with Gasteiger partial charge in [-0.2, -0.15) is 5.26 Å². The molecule has 0 heterocycles. The zero-order valence-corrected chi connectivity index (χ0v) is 11.6. The fraction of sp³-hybridized carbons (Fsp3) is 0.235. The first kappa shape index (κ1) is 14.8. The fourth-order valence-electron chi connectivity index (χ4n) is 1.86. The molecule has 0 radical (unpaired) electrons. The normalized spacial score (nSPS) is 13.0. The Morgan fingerprint density at radius 3 is 2.63 bits per heavy atom. The summed E-state index contributed by atoms with van der Waals surface area (Å²) in [5.74, 6) is 0.211. The summed E-state index contributed by atoms with van der Waals surface area (Å²) in [6.07, 6.45) is 8.77. The van der Waals surface area contributed by atoms with Gasteiger partial charge in [-0.15, -0.1) is 6.58 Å². The van der Waals surface area contributed by atoms with Crippen molar-refractivity contribution in [1.29, 1.82) is 5.26 Å². The number of anilines is 1. The Bertz CT molecular complexity index is 492. The smallest absolute Gasteiger partial charge is 0.117 e. The number of allylic oxidation sites excluding steroid dienone is 5. The van der Waals surface area contributed by atoms with E-state index in [4.69, 9.17) is 0 Å². The zero-order chi connectivity index (χ0) is 14.1. The lowest BCUT2D eigenvalue weighted by molar-refractivity contribution is 0.821. The van der Waals surface area contributed by atoms with E-state index >= 15 is 0 Å². The molecule has 0 aromatic heterocycles. The second-order valence-electron chi connectivity index (χ2n) is 4.27. The summed E-state index contributed by atoms with van der Waals surface area (Å²) < 4.78 is 0. The summed E-state index contributed by atoms with van der Waals surface area (Å²) >= 11 is 0. The molecule has 19 heavy (non-hydrogen) atoms. The van der Waals surface area contributed by atoms with Gasteiger partial charge in [0.1, 0.15) is 11.8 Å². The first-order valence-electron chi connectivity index (χ1n) is 6.37. The second kappa shape index (κ2) is 7.94. The third-order valence-electron chi connectivity index (χ3n) is 2.87. The van der Waals surface area contributed by atoms with Crippen LogP contribution in [0.5, 0.6) is 0 Å². The molecule has 0 saturated carbocycles. The largest absolute Gasteiger partial charge is 0.336 e. The van der Waals surface area contributed by atoms with Crippen molar-refractivity contribution in [3.8, 4) is 6.07 Å². The van der Waals surface area contributed by atoms with Crippen molar-refractivity contribution in [3.63, 3.8) is 0 Å². The van der Waals surface area contributed by atoms with Gasteiger partial charge in [0.2, 0.25) is 0 Å². The van der Waals surface area contributed by atoms with Crippen molar-refractivity contribution < 1.29 is 0 Å². The van der Waals surface area contributed by atoms with Gasteiger partial charge in [-0.05, 0) is 31.6 Å². The van der Waals surface area contributed by atoms with Crippen LogP contribution >= 0.6 is 0 Å². The van der Waals surface area contributed by atoms with Crippen LogP contribution in [0.1, 0.15) is 13.3 Å². The Kier molecular flexibility index (Phi) is 6.18. The van der Waals surface area contributed by atoms with E-state index in [1.54, 1.807) is 0 Å². The van der Waals surface area contributed by atoms with Crippen molar-refractivity contribution in [3.05, 3.63) is 66.9 Å². The van der Waals surface area contributed by atoms with E-state index < -0.39 is 0 Å². The molecular weight excluding hydrogens is 232 g/mol. The molecule has 0 aliphatic heterocycles. The highest BCUT2D eigenvalue weighted by Crippen LogP contribution is 2.19. The predicted molar refractivity (Wildman–Crippen MR) is 81.7 cm³/mol. The first-order valence-corrected chi connectivity index (χ1v) is 6.37. The predicted octanol–water partition coefficient (Wildman–Crippen LogP) is 4.30. The van der Waals surface area contributed by atoms with E-state index in [1.165, 1.54) is 0 Å². The number of nitrogens with zero attached hydrogens (tertiary/aromatic N) is 2. The third-order valence-corrected chi connectivity index (χ3v) is 2.87. The summed E-state index contributed by atoms with van der Waals surface area (Å²) in [6, 6.07) is 12.1. The maximum Gasteiger partial charge on any atom is 0.117 e. The molecule has 0 N–H and O–H groups in total. The maximum absolute atomic E-state index is 9.33. The van der Waals surface area contributed by atoms with E-state index in [9.17, 15) is 5.26 Å². The molecule has 2 nitrogen and oxygen atoms in total. The lowest BCUT2D eigenvalue weighted by atomic mass is 10.0. The summed E-state index contributed by atoms with van der Waals surface area (Å²) in [5, 5.41) is 9.33. The average Bonchev–Trinajstić information content (AvgIpc) is 2.45. The number of hydrogen-bond acceptors (Lipinski definition) is 2. The lowest BCUT2D eigenvalue weighted by Gasteiger charge is -2.19. The van der Waals surface area contributed by atoms with Gasteiger partial charge in [-0.3, -0.25) is 0 Å². The van der Waals surface area contributed by atoms with Gasteiger partial charge in [-0.1, -0.05) is 36.4 Å². The quantitative estimate of drug-likeness (QED) is 0.557. The molecule has 1 unspecified atom stereocenters. The van der Waals surface area contributed by atoms with Gasteiger partial charge in [0.15, 0.2) is 0 Å². The molecule has 0 aliphatic rings. The van der Waals surface area contributed by atoms with Gasteiger partial charge in [0.25, 0.3) is 0 Å². The van der Waals surface area contributed by atoms with Crippen LogP contribution in [0.15, 0.2) is 66.9 Å². The molecule has 1 aromatic rings. The monoisotopic (exact) mass is 252 g/mol. The molecular formula is C17H20N2. The molecule has 2 heteroatoms. The van der Waals surface area contributed by atoms with Gasteiger partial charge in [0.05, 0.1) is 0 Å². The summed E-state index contributed by atoms with van der Waals surface area (Å²) in [5.41, 5.74) is 1.66. The Labute approximate surface area is 116 Å². The van der Waals surface area contributed by atoms with Crippen LogP contribution in [0.25, 0.3) is 0 Å². The minimum atomic E-state index is 0.211. The topological polar surface area (TPSA) is 27.0 Å².